The lowest BCUT2D eigenvalue weighted by molar-refractivity contribution is -0.183. The summed E-state index contributed by atoms with van der Waals surface area (Å²) in [5.74, 6) is 0.549. The minimum atomic E-state index is -4.05. The molecule has 5 nitrogen and oxygen atoms in total. The highest BCUT2D eigenvalue weighted by atomic mass is 19.4. The van der Waals surface area contributed by atoms with Crippen molar-refractivity contribution in [3.63, 3.8) is 0 Å². The molecule has 1 aromatic heterocycles. The second kappa shape index (κ2) is 8.80. The third-order valence-electron chi connectivity index (χ3n) is 5.44. The molecule has 150 valence electrons. The highest BCUT2D eigenvalue weighted by molar-refractivity contribution is 5.80. The third-order valence-corrected chi connectivity index (χ3v) is 5.44. The summed E-state index contributed by atoms with van der Waals surface area (Å²) in [5.41, 5.74) is 0. The van der Waals surface area contributed by atoms with Crippen LogP contribution in [0, 0.1) is 11.8 Å². The van der Waals surface area contributed by atoms with Crippen molar-refractivity contribution < 1.29 is 17.9 Å². The normalized spacial score (nSPS) is 26.9. The van der Waals surface area contributed by atoms with Crippen LogP contribution in [-0.2, 0) is 0 Å². The van der Waals surface area contributed by atoms with E-state index in [2.05, 4.69) is 20.2 Å². The van der Waals surface area contributed by atoms with E-state index in [0.29, 0.717) is 25.3 Å². The molecule has 0 bridgehead atoms. The number of hydrogen-bond acceptors (Lipinski definition) is 3. The fourth-order valence-electron chi connectivity index (χ4n) is 3.87. The predicted molar refractivity (Wildman–Crippen MR) is 97.7 cm³/mol. The minimum absolute atomic E-state index is 0.0562. The Bertz CT molecular complexity index is 615. The summed E-state index contributed by atoms with van der Waals surface area (Å²) >= 11 is 0. The molecule has 2 fully saturated rings. The van der Waals surface area contributed by atoms with Gasteiger partial charge in [-0.25, -0.2) is 4.98 Å². The van der Waals surface area contributed by atoms with Crippen LogP contribution < -0.4 is 10.1 Å². The Morgan fingerprint density at radius 1 is 1.26 bits per heavy atom. The molecule has 1 aliphatic heterocycles. The summed E-state index contributed by atoms with van der Waals surface area (Å²) in [6.07, 6.45) is 0.284. The molecule has 1 unspecified atom stereocenters. The second-order valence-electron chi connectivity index (χ2n) is 7.33. The Balaban J connectivity index is 1.42. The molecule has 1 aliphatic carbocycles. The minimum Gasteiger partial charge on any atom is -0.472 e. The van der Waals surface area contributed by atoms with Crippen LogP contribution in [0.15, 0.2) is 29.4 Å². The van der Waals surface area contributed by atoms with Crippen molar-refractivity contribution in [2.45, 2.75) is 44.4 Å². The van der Waals surface area contributed by atoms with Crippen molar-refractivity contribution >= 4 is 5.96 Å². The van der Waals surface area contributed by atoms with Crippen LogP contribution in [-0.4, -0.2) is 54.8 Å². The lowest BCUT2D eigenvalue weighted by Gasteiger charge is -2.31. The molecule has 8 heteroatoms. The fourth-order valence-corrected chi connectivity index (χ4v) is 3.87. The zero-order valence-corrected chi connectivity index (χ0v) is 15.6. The summed E-state index contributed by atoms with van der Waals surface area (Å²) in [7, 11) is 1.73. The molecule has 0 amide bonds. The van der Waals surface area contributed by atoms with Gasteiger partial charge in [-0.3, -0.25) is 4.99 Å². The first-order chi connectivity index (χ1) is 13.0. The van der Waals surface area contributed by atoms with E-state index in [-0.39, 0.29) is 24.9 Å². The third kappa shape index (κ3) is 5.49. The van der Waals surface area contributed by atoms with E-state index < -0.39 is 12.1 Å². The van der Waals surface area contributed by atoms with E-state index in [9.17, 15) is 13.2 Å². The average molecular weight is 384 g/mol. The molecule has 1 N–H and O–H groups in total. The van der Waals surface area contributed by atoms with Crippen LogP contribution in [0.4, 0.5) is 13.2 Å². The van der Waals surface area contributed by atoms with Crippen molar-refractivity contribution in [3.05, 3.63) is 24.4 Å². The fraction of sp³-hybridized carbons (Fsp3) is 0.684. The van der Waals surface area contributed by atoms with Gasteiger partial charge in [-0.1, -0.05) is 6.07 Å². The number of pyridine rings is 1. The van der Waals surface area contributed by atoms with Gasteiger partial charge in [0, 0.05) is 38.8 Å². The molecule has 27 heavy (non-hydrogen) atoms. The Hall–Kier alpha value is -1.99. The smallest absolute Gasteiger partial charge is 0.391 e. The number of guanidine groups is 1. The molecule has 0 aromatic carbocycles. The van der Waals surface area contributed by atoms with Gasteiger partial charge in [0.1, 0.15) is 6.10 Å². The number of aromatic nitrogens is 1. The van der Waals surface area contributed by atoms with E-state index in [1.165, 1.54) is 0 Å². The zero-order chi connectivity index (χ0) is 19.3. The molecule has 1 aromatic rings. The topological polar surface area (TPSA) is 49.8 Å². The summed E-state index contributed by atoms with van der Waals surface area (Å²) in [4.78, 5) is 10.7. The molecule has 1 saturated heterocycles. The largest absolute Gasteiger partial charge is 0.472 e. The lowest BCUT2D eigenvalue weighted by atomic mass is 9.81. The van der Waals surface area contributed by atoms with Crippen LogP contribution in [0.5, 0.6) is 5.88 Å². The van der Waals surface area contributed by atoms with Crippen LogP contribution in [0.3, 0.4) is 0 Å². The Morgan fingerprint density at radius 3 is 2.67 bits per heavy atom. The van der Waals surface area contributed by atoms with E-state index in [4.69, 9.17) is 4.74 Å². The summed E-state index contributed by atoms with van der Waals surface area (Å²) in [6.45, 7) is 2.22. The van der Waals surface area contributed by atoms with Crippen LogP contribution in [0.2, 0.25) is 0 Å². The number of halogens is 3. The van der Waals surface area contributed by atoms with Gasteiger partial charge in [-0.15, -0.1) is 0 Å². The number of nitrogens with one attached hydrogen (secondary N) is 1. The first kappa shape index (κ1) is 19.8. The maximum atomic E-state index is 12.8. The van der Waals surface area contributed by atoms with Gasteiger partial charge in [0.25, 0.3) is 0 Å². The molecular formula is C19H27F3N4O. The number of ether oxygens (including phenoxy) is 1. The maximum Gasteiger partial charge on any atom is 0.391 e. The van der Waals surface area contributed by atoms with E-state index in [1.807, 2.05) is 18.2 Å². The van der Waals surface area contributed by atoms with Gasteiger partial charge >= 0.3 is 6.18 Å². The summed E-state index contributed by atoms with van der Waals surface area (Å²) in [6, 6.07) is 5.58. The second-order valence-corrected chi connectivity index (χ2v) is 7.33. The van der Waals surface area contributed by atoms with E-state index in [0.717, 1.165) is 25.5 Å². The van der Waals surface area contributed by atoms with Crippen molar-refractivity contribution in [1.82, 2.24) is 15.2 Å². The number of aliphatic imine (C=N–C) groups is 1. The molecule has 3 rings (SSSR count). The van der Waals surface area contributed by atoms with Crippen molar-refractivity contribution in [1.29, 1.82) is 0 Å². The first-order valence-corrected chi connectivity index (χ1v) is 9.55. The average Bonchev–Trinajstić information content (AvgIpc) is 3.11. The van der Waals surface area contributed by atoms with Gasteiger partial charge in [0.2, 0.25) is 5.88 Å². The number of rotatable bonds is 4. The monoisotopic (exact) mass is 384 g/mol. The Labute approximate surface area is 158 Å². The van der Waals surface area contributed by atoms with Crippen molar-refractivity contribution in [2.24, 2.45) is 16.8 Å². The van der Waals surface area contributed by atoms with Crippen molar-refractivity contribution in [2.75, 3.05) is 26.7 Å². The summed E-state index contributed by atoms with van der Waals surface area (Å²) in [5, 5.41) is 3.34. The highest BCUT2D eigenvalue weighted by Gasteiger charge is 2.41. The van der Waals surface area contributed by atoms with Crippen LogP contribution >= 0.6 is 0 Å². The highest BCUT2D eigenvalue weighted by Crippen LogP contribution is 2.39. The number of hydrogen-bond donors (Lipinski definition) is 1. The molecule has 2 heterocycles. The zero-order valence-electron chi connectivity index (χ0n) is 15.6. The number of alkyl halides is 3. The molecular weight excluding hydrogens is 357 g/mol. The number of nitrogens with zero attached hydrogens (tertiary/aromatic N) is 3. The van der Waals surface area contributed by atoms with E-state index >= 15 is 0 Å². The SMILES string of the molecule is CN=C(NCC1CCC(C(F)(F)F)CC1)N1CCC(Oc2ccccn2)C1. The Kier molecular flexibility index (Phi) is 6.44. The maximum absolute atomic E-state index is 12.8. The summed E-state index contributed by atoms with van der Waals surface area (Å²) < 4.78 is 44.2. The van der Waals surface area contributed by atoms with Crippen LogP contribution in [0.1, 0.15) is 32.1 Å². The Morgan fingerprint density at radius 2 is 2.04 bits per heavy atom. The molecule has 0 spiro atoms. The molecule has 1 saturated carbocycles. The predicted octanol–water partition coefficient (Wildman–Crippen LogP) is 3.48. The van der Waals surface area contributed by atoms with Gasteiger partial charge in [0.15, 0.2) is 5.96 Å². The van der Waals surface area contributed by atoms with Gasteiger partial charge in [0.05, 0.1) is 12.5 Å². The van der Waals surface area contributed by atoms with Gasteiger partial charge in [-0.2, -0.15) is 13.2 Å². The molecule has 2 aliphatic rings. The molecule has 1 atom stereocenters. The van der Waals surface area contributed by atoms with Crippen LogP contribution in [0.25, 0.3) is 0 Å². The number of likely N-dealkylation sites (tertiary alicyclic amines) is 1. The lowest BCUT2D eigenvalue weighted by Crippen LogP contribution is -2.43. The first-order valence-electron chi connectivity index (χ1n) is 9.55. The standard InChI is InChI=1S/C19H27F3N4O/c1-23-18(25-12-14-5-7-15(8-6-14)19(20,21)22)26-11-9-16(13-26)27-17-4-2-3-10-24-17/h2-4,10,14-16H,5-9,11-13H2,1H3,(H,23,25). The van der Waals surface area contributed by atoms with E-state index in [1.54, 1.807) is 13.2 Å². The van der Waals surface area contributed by atoms with Crippen molar-refractivity contribution in [3.8, 4) is 5.88 Å². The molecule has 0 radical (unpaired) electrons. The van der Waals surface area contributed by atoms with Gasteiger partial charge in [-0.05, 0) is 37.7 Å². The quantitative estimate of drug-likeness (QED) is 0.638. The van der Waals surface area contributed by atoms with Gasteiger partial charge < -0.3 is 15.0 Å².